The first-order chi connectivity index (χ1) is 16.2. The lowest BCUT2D eigenvalue weighted by Gasteiger charge is -2.13. The molecule has 0 aliphatic carbocycles. The molecule has 0 aliphatic heterocycles. The Morgan fingerprint density at radius 1 is 0.971 bits per heavy atom. The second-order valence-electron chi connectivity index (χ2n) is 7.90. The number of hydrogen-bond acceptors (Lipinski definition) is 4. The van der Waals surface area contributed by atoms with Crippen LogP contribution < -0.4 is 9.47 Å². The topological polar surface area (TPSA) is 98.0 Å². The van der Waals surface area contributed by atoms with Crippen molar-refractivity contribution in [2.75, 3.05) is 0 Å². The van der Waals surface area contributed by atoms with E-state index in [0.717, 1.165) is 0 Å². The van der Waals surface area contributed by atoms with E-state index in [2.05, 4.69) is 0 Å². The third kappa shape index (κ3) is 4.70. The lowest BCUT2D eigenvalue weighted by atomic mass is 10.1. The van der Waals surface area contributed by atoms with Gasteiger partial charge in [0.1, 0.15) is 17.2 Å². The minimum Gasteiger partial charge on any atom is -0.491 e. The number of ether oxygens (including phenoxy) is 2. The fraction of sp³-hybridized carbons (Fsp3) is 0.154. The van der Waals surface area contributed by atoms with E-state index in [1.807, 2.05) is 13.8 Å². The maximum atomic E-state index is 12.4. The molecule has 8 heteroatoms. The van der Waals surface area contributed by atoms with Gasteiger partial charge in [-0.05, 0) is 68.4 Å². The Morgan fingerprint density at radius 2 is 1.68 bits per heavy atom. The van der Waals surface area contributed by atoms with Crippen molar-refractivity contribution in [2.24, 2.45) is 0 Å². The molecule has 7 nitrogen and oxygen atoms in total. The number of aliphatic carboxylic acids is 1. The Labute approximate surface area is 200 Å². The number of carbonyl (C=O) groups is 2. The molecular formula is C26H22ClNO6. The number of carboxylic acids is 2. The Bertz CT molecular complexity index is 1370. The van der Waals surface area contributed by atoms with Crippen molar-refractivity contribution in [3.05, 3.63) is 83.0 Å². The third-order valence-electron chi connectivity index (χ3n) is 5.08. The van der Waals surface area contributed by atoms with Crippen LogP contribution in [-0.4, -0.2) is 32.8 Å². The van der Waals surface area contributed by atoms with E-state index in [-0.39, 0.29) is 23.1 Å². The van der Waals surface area contributed by atoms with E-state index in [0.29, 0.717) is 33.1 Å². The zero-order valence-corrected chi connectivity index (χ0v) is 19.2. The van der Waals surface area contributed by atoms with Crippen LogP contribution in [0.3, 0.4) is 0 Å². The fourth-order valence-electron chi connectivity index (χ4n) is 3.88. The van der Waals surface area contributed by atoms with Crippen LogP contribution in [-0.2, 0) is 11.2 Å². The van der Waals surface area contributed by atoms with E-state index in [9.17, 15) is 19.8 Å². The van der Waals surface area contributed by atoms with Crippen molar-refractivity contribution in [3.63, 3.8) is 0 Å². The summed E-state index contributed by atoms with van der Waals surface area (Å²) in [6.45, 7) is 3.83. The number of halogens is 1. The molecule has 34 heavy (non-hydrogen) atoms. The number of hydrogen-bond donors (Lipinski definition) is 2. The predicted molar refractivity (Wildman–Crippen MR) is 129 cm³/mol. The van der Waals surface area contributed by atoms with E-state index in [4.69, 9.17) is 21.1 Å². The molecule has 3 aromatic carbocycles. The molecule has 0 unspecified atom stereocenters. The highest BCUT2D eigenvalue weighted by Gasteiger charge is 2.27. The number of nitrogens with zero attached hydrogens (tertiary/aromatic N) is 1. The molecule has 174 valence electrons. The van der Waals surface area contributed by atoms with Crippen LogP contribution in [0.4, 0.5) is 0 Å². The van der Waals surface area contributed by atoms with Crippen molar-refractivity contribution in [2.45, 2.75) is 26.4 Å². The zero-order chi connectivity index (χ0) is 24.4. The van der Waals surface area contributed by atoms with Gasteiger partial charge in [-0.1, -0.05) is 23.7 Å². The highest BCUT2D eigenvalue weighted by molar-refractivity contribution is 6.30. The summed E-state index contributed by atoms with van der Waals surface area (Å²) in [5, 5.41) is 20.5. The first-order valence-corrected chi connectivity index (χ1v) is 10.9. The molecule has 0 atom stereocenters. The largest absolute Gasteiger partial charge is 0.491 e. The summed E-state index contributed by atoms with van der Waals surface area (Å²) in [6.07, 6.45) is -0.498. The van der Waals surface area contributed by atoms with Gasteiger partial charge in [0, 0.05) is 16.4 Å². The van der Waals surface area contributed by atoms with Gasteiger partial charge in [0.15, 0.2) is 0 Å². The summed E-state index contributed by atoms with van der Waals surface area (Å²) in [6, 6.07) is 18.9. The Morgan fingerprint density at radius 3 is 2.29 bits per heavy atom. The molecule has 4 rings (SSSR count). The molecular weight excluding hydrogens is 458 g/mol. The van der Waals surface area contributed by atoms with E-state index in [1.54, 1.807) is 71.3 Å². The summed E-state index contributed by atoms with van der Waals surface area (Å²) in [4.78, 5) is 24.1. The Balaban J connectivity index is 1.96. The SMILES string of the molecule is CC(C)Oc1ccc(-n2c(CC(=O)O)c(C(=O)O)c3c(Oc4cccc(Cl)c4)cccc32)cc1. The molecule has 0 spiro atoms. The molecule has 0 bridgehead atoms. The summed E-state index contributed by atoms with van der Waals surface area (Å²) >= 11 is 6.07. The zero-order valence-electron chi connectivity index (χ0n) is 18.5. The first-order valence-electron chi connectivity index (χ1n) is 10.6. The van der Waals surface area contributed by atoms with E-state index in [1.165, 1.54) is 0 Å². The molecule has 1 heterocycles. The fourth-order valence-corrected chi connectivity index (χ4v) is 4.06. The second-order valence-corrected chi connectivity index (χ2v) is 8.34. The molecule has 0 aliphatic rings. The lowest BCUT2D eigenvalue weighted by molar-refractivity contribution is -0.136. The molecule has 1 aromatic heterocycles. The van der Waals surface area contributed by atoms with Crippen molar-refractivity contribution >= 4 is 34.4 Å². The van der Waals surface area contributed by atoms with Crippen molar-refractivity contribution in [1.29, 1.82) is 0 Å². The monoisotopic (exact) mass is 479 g/mol. The number of benzene rings is 3. The van der Waals surface area contributed by atoms with Gasteiger partial charge >= 0.3 is 11.9 Å². The minimum absolute atomic E-state index is 0.00867. The molecule has 4 aromatic rings. The molecule has 0 amide bonds. The standard InChI is InChI=1S/C26H22ClNO6/c1-15(2)33-18-11-9-17(10-12-18)28-20-7-4-8-22(34-19-6-3-5-16(27)13-19)24(20)25(26(31)32)21(28)14-23(29)30/h3-13,15H,14H2,1-2H3,(H,29,30)(H,31,32). The van der Waals surface area contributed by atoms with Gasteiger partial charge < -0.3 is 24.3 Å². The van der Waals surface area contributed by atoms with E-state index < -0.39 is 18.4 Å². The number of rotatable bonds is 8. The highest BCUT2D eigenvalue weighted by atomic mass is 35.5. The number of carboxylic acid groups (broad SMARTS) is 2. The van der Waals surface area contributed by atoms with Crippen LogP contribution in [0.5, 0.6) is 17.2 Å². The van der Waals surface area contributed by atoms with Crippen LogP contribution in [0.15, 0.2) is 66.7 Å². The lowest BCUT2D eigenvalue weighted by Crippen LogP contribution is -2.11. The maximum absolute atomic E-state index is 12.4. The predicted octanol–water partition coefficient (Wildman–Crippen LogP) is 6.19. The van der Waals surface area contributed by atoms with Crippen molar-refractivity contribution in [3.8, 4) is 22.9 Å². The average Bonchev–Trinajstić information content (AvgIpc) is 3.08. The van der Waals surface area contributed by atoms with Crippen LogP contribution in [0.2, 0.25) is 5.02 Å². The summed E-state index contributed by atoms with van der Waals surface area (Å²) in [5.74, 6) is -1.04. The molecule has 0 saturated heterocycles. The molecule has 0 fully saturated rings. The van der Waals surface area contributed by atoms with Gasteiger partial charge in [-0.25, -0.2) is 4.79 Å². The van der Waals surface area contributed by atoms with Gasteiger partial charge in [-0.3, -0.25) is 4.79 Å². The van der Waals surface area contributed by atoms with Crippen molar-refractivity contribution in [1.82, 2.24) is 4.57 Å². The van der Waals surface area contributed by atoms with Crippen LogP contribution in [0, 0.1) is 0 Å². The third-order valence-corrected chi connectivity index (χ3v) is 5.31. The number of aromatic carboxylic acids is 1. The molecule has 0 saturated carbocycles. The number of fused-ring (bicyclic) bond motifs is 1. The van der Waals surface area contributed by atoms with Gasteiger partial charge in [0.25, 0.3) is 0 Å². The Hall–Kier alpha value is -3.97. The van der Waals surface area contributed by atoms with Crippen LogP contribution in [0.25, 0.3) is 16.6 Å². The van der Waals surface area contributed by atoms with Gasteiger partial charge in [-0.2, -0.15) is 0 Å². The first kappa shape index (κ1) is 23.2. The van der Waals surface area contributed by atoms with E-state index >= 15 is 0 Å². The summed E-state index contributed by atoms with van der Waals surface area (Å²) in [5.41, 5.74) is 1.11. The summed E-state index contributed by atoms with van der Waals surface area (Å²) < 4.78 is 13.3. The normalized spacial score (nSPS) is 11.1. The second kappa shape index (κ2) is 9.49. The van der Waals surface area contributed by atoms with Crippen molar-refractivity contribution < 1.29 is 29.3 Å². The van der Waals surface area contributed by atoms with Gasteiger partial charge in [0.05, 0.1) is 29.0 Å². The Kier molecular flexibility index (Phi) is 6.47. The molecule has 2 N–H and O–H groups in total. The quantitative estimate of drug-likeness (QED) is 0.313. The van der Waals surface area contributed by atoms with Gasteiger partial charge in [-0.15, -0.1) is 0 Å². The number of aromatic nitrogens is 1. The van der Waals surface area contributed by atoms with Crippen LogP contribution >= 0.6 is 11.6 Å². The smallest absolute Gasteiger partial charge is 0.338 e. The minimum atomic E-state index is -1.25. The average molecular weight is 480 g/mol. The molecule has 0 radical (unpaired) electrons. The van der Waals surface area contributed by atoms with Crippen LogP contribution in [0.1, 0.15) is 29.9 Å². The highest BCUT2D eigenvalue weighted by Crippen LogP contribution is 2.39. The summed E-state index contributed by atoms with van der Waals surface area (Å²) in [7, 11) is 0. The van der Waals surface area contributed by atoms with Gasteiger partial charge in [0.2, 0.25) is 0 Å². The maximum Gasteiger partial charge on any atom is 0.338 e.